The van der Waals surface area contributed by atoms with Crippen LogP contribution in [0.5, 0.6) is 0 Å². The van der Waals surface area contributed by atoms with Crippen molar-refractivity contribution < 1.29 is 5.11 Å². The van der Waals surface area contributed by atoms with Crippen LogP contribution in [0, 0.1) is 0 Å². The maximum absolute atomic E-state index is 9.44. The van der Waals surface area contributed by atoms with Crippen molar-refractivity contribution in [2.45, 2.75) is 25.7 Å². The second-order valence-electron chi connectivity index (χ2n) is 4.84. The summed E-state index contributed by atoms with van der Waals surface area (Å²) in [6.45, 7) is 5.91. The van der Waals surface area contributed by atoms with Crippen molar-refractivity contribution in [3.05, 3.63) is 30.3 Å². The Morgan fingerprint density at radius 1 is 1.38 bits per heavy atom. The quantitative estimate of drug-likeness (QED) is 0.763. The number of aliphatic hydroxyl groups excluding tert-OH is 1. The Hall–Kier alpha value is -0.795. The van der Waals surface area contributed by atoms with E-state index in [1.165, 1.54) is 11.8 Å². The van der Waals surface area contributed by atoms with Gasteiger partial charge in [-0.15, -0.1) is 0 Å². The zero-order chi connectivity index (χ0) is 11.4. The molecule has 2 nitrogen and oxygen atoms in total. The van der Waals surface area contributed by atoms with Gasteiger partial charge in [0.1, 0.15) is 0 Å². The van der Waals surface area contributed by atoms with E-state index in [1.807, 2.05) is 0 Å². The molecule has 0 aliphatic carbocycles. The monoisotopic (exact) mass is 217 g/mol. The Morgan fingerprint density at radius 2 is 2.12 bits per heavy atom. The van der Waals surface area contributed by atoms with E-state index in [4.69, 9.17) is 0 Å². The normalized spacial score (nSPS) is 21.2. The number of benzene rings is 1. The second-order valence-corrected chi connectivity index (χ2v) is 4.84. The van der Waals surface area contributed by atoms with E-state index in [9.17, 15) is 5.11 Å². The number of likely N-dealkylation sites (tertiary alicyclic amines) is 1. The molecular formula is C13H20BNO. The van der Waals surface area contributed by atoms with Crippen LogP contribution in [0.25, 0.3) is 0 Å². The highest BCUT2D eigenvalue weighted by atomic mass is 16.3. The summed E-state index contributed by atoms with van der Waals surface area (Å²) in [4.78, 5) is 2.37. The lowest BCUT2D eigenvalue weighted by Crippen LogP contribution is -2.32. The molecule has 0 radical (unpaired) electrons. The first kappa shape index (κ1) is 11.7. The van der Waals surface area contributed by atoms with Crippen LogP contribution in [0.2, 0.25) is 13.1 Å². The first-order chi connectivity index (χ1) is 7.75. The topological polar surface area (TPSA) is 23.5 Å². The summed E-state index contributed by atoms with van der Waals surface area (Å²) in [5, 5.41) is 9.44. The summed E-state index contributed by atoms with van der Waals surface area (Å²) in [5.41, 5.74) is 1.42. The molecule has 1 aliphatic rings. The Labute approximate surface area is 98.4 Å². The summed E-state index contributed by atoms with van der Waals surface area (Å²) in [6, 6.07) is 10.7. The Balaban J connectivity index is 1.78. The molecule has 1 heterocycles. The van der Waals surface area contributed by atoms with Crippen LogP contribution in [0.1, 0.15) is 6.42 Å². The van der Waals surface area contributed by atoms with Crippen LogP contribution in [-0.4, -0.2) is 42.5 Å². The summed E-state index contributed by atoms with van der Waals surface area (Å²) < 4.78 is 0. The molecule has 1 aliphatic heterocycles. The summed E-state index contributed by atoms with van der Waals surface area (Å²) in [6.07, 6.45) is 2.03. The molecule has 1 N–H and O–H groups in total. The van der Waals surface area contributed by atoms with Gasteiger partial charge in [0.25, 0.3) is 0 Å². The maximum atomic E-state index is 9.44. The highest BCUT2D eigenvalue weighted by Gasteiger charge is 2.20. The van der Waals surface area contributed by atoms with E-state index in [2.05, 4.69) is 42.1 Å². The number of hydrogen-bond donors (Lipinski definition) is 1. The number of aliphatic hydroxyl groups is 1. The van der Waals surface area contributed by atoms with Crippen molar-refractivity contribution in [1.82, 2.24) is 4.90 Å². The first-order valence-electron chi connectivity index (χ1n) is 6.21. The third-order valence-electron chi connectivity index (χ3n) is 3.49. The van der Waals surface area contributed by atoms with Crippen molar-refractivity contribution >= 4 is 12.2 Å². The van der Waals surface area contributed by atoms with Crippen LogP contribution < -0.4 is 5.46 Å². The molecule has 1 unspecified atom stereocenters. The molecule has 86 valence electrons. The molecule has 1 atom stereocenters. The van der Waals surface area contributed by atoms with E-state index >= 15 is 0 Å². The van der Waals surface area contributed by atoms with E-state index in [-0.39, 0.29) is 6.10 Å². The van der Waals surface area contributed by atoms with E-state index in [1.54, 1.807) is 0 Å². The van der Waals surface area contributed by atoms with Gasteiger partial charge >= 0.3 is 0 Å². The Morgan fingerprint density at radius 3 is 2.75 bits per heavy atom. The lowest BCUT2D eigenvalue weighted by atomic mass is 9.45. The largest absolute Gasteiger partial charge is 0.392 e. The third kappa shape index (κ3) is 3.10. The molecule has 16 heavy (non-hydrogen) atoms. The molecule has 0 spiro atoms. The fourth-order valence-electron chi connectivity index (χ4n) is 2.34. The van der Waals surface area contributed by atoms with Crippen molar-refractivity contribution in [3.63, 3.8) is 0 Å². The molecule has 1 saturated heterocycles. The zero-order valence-corrected chi connectivity index (χ0v) is 9.97. The van der Waals surface area contributed by atoms with Gasteiger partial charge in [-0.05, 0) is 13.0 Å². The van der Waals surface area contributed by atoms with Crippen molar-refractivity contribution in [2.24, 2.45) is 0 Å². The standard InChI is InChI=1S/C13H20BNO/c1-14(12-5-3-2-4-6-12)8-10-15-9-7-13(16)11-15/h2-6,13,16H,7-11H2,1H3. The van der Waals surface area contributed by atoms with E-state index < -0.39 is 0 Å². The van der Waals surface area contributed by atoms with Gasteiger partial charge in [-0.1, -0.05) is 48.9 Å². The van der Waals surface area contributed by atoms with Gasteiger partial charge in [0.05, 0.1) is 6.10 Å². The lowest BCUT2D eigenvalue weighted by molar-refractivity contribution is 0.178. The molecule has 1 fully saturated rings. The van der Waals surface area contributed by atoms with Crippen LogP contribution in [0.15, 0.2) is 30.3 Å². The molecule has 0 amide bonds. The molecule has 2 rings (SSSR count). The molecule has 0 bridgehead atoms. The number of hydrogen-bond acceptors (Lipinski definition) is 2. The second kappa shape index (κ2) is 5.51. The fourth-order valence-corrected chi connectivity index (χ4v) is 2.34. The van der Waals surface area contributed by atoms with Crippen LogP contribution in [0.4, 0.5) is 0 Å². The smallest absolute Gasteiger partial charge is 0.173 e. The third-order valence-corrected chi connectivity index (χ3v) is 3.49. The van der Waals surface area contributed by atoms with Gasteiger partial charge in [-0.2, -0.15) is 0 Å². The number of nitrogens with zero attached hydrogens (tertiary/aromatic N) is 1. The van der Waals surface area contributed by atoms with Gasteiger partial charge in [-0.25, -0.2) is 0 Å². The van der Waals surface area contributed by atoms with Gasteiger partial charge in [0, 0.05) is 13.1 Å². The first-order valence-corrected chi connectivity index (χ1v) is 6.21. The molecule has 0 saturated carbocycles. The molecule has 0 aromatic heterocycles. The summed E-state index contributed by atoms with van der Waals surface area (Å²) in [7, 11) is 0. The highest BCUT2D eigenvalue weighted by molar-refractivity contribution is 6.72. The molecule has 3 heteroatoms. The SMILES string of the molecule is CB(CCN1CCC(O)C1)c1ccccc1. The number of β-amino-alcohol motifs (C(OH)–C–C–N with tert-alkyl or cyclic N) is 1. The summed E-state index contributed by atoms with van der Waals surface area (Å²) in [5.74, 6) is 0. The average molecular weight is 217 g/mol. The van der Waals surface area contributed by atoms with E-state index in [0.717, 1.165) is 26.1 Å². The average Bonchev–Trinajstić information content (AvgIpc) is 2.73. The van der Waals surface area contributed by atoms with Crippen molar-refractivity contribution in [1.29, 1.82) is 0 Å². The van der Waals surface area contributed by atoms with Gasteiger partial charge < -0.3 is 10.0 Å². The Bertz CT molecular complexity index is 317. The zero-order valence-electron chi connectivity index (χ0n) is 9.97. The minimum Gasteiger partial charge on any atom is -0.392 e. The van der Waals surface area contributed by atoms with Gasteiger partial charge in [-0.3, -0.25) is 0 Å². The van der Waals surface area contributed by atoms with E-state index in [0.29, 0.717) is 6.71 Å². The van der Waals surface area contributed by atoms with Crippen molar-refractivity contribution in [2.75, 3.05) is 19.6 Å². The van der Waals surface area contributed by atoms with Crippen LogP contribution >= 0.6 is 0 Å². The predicted octanol–water partition coefficient (Wildman–Crippen LogP) is 1.08. The van der Waals surface area contributed by atoms with Gasteiger partial charge in [0.15, 0.2) is 6.71 Å². The maximum Gasteiger partial charge on any atom is 0.173 e. The predicted molar refractivity (Wildman–Crippen MR) is 69.6 cm³/mol. The fraction of sp³-hybridized carbons (Fsp3) is 0.538. The summed E-state index contributed by atoms with van der Waals surface area (Å²) >= 11 is 0. The molecule has 1 aromatic carbocycles. The van der Waals surface area contributed by atoms with Crippen molar-refractivity contribution in [3.8, 4) is 0 Å². The minimum atomic E-state index is -0.0907. The van der Waals surface area contributed by atoms with Gasteiger partial charge in [0.2, 0.25) is 0 Å². The minimum absolute atomic E-state index is 0.0907. The molecular weight excluding hydrogens is 197 g/mol. The number of rotatable bonds is 4. The lowest BCUT2D eigenvalue weighted by Gasteiger charge is -2.16. The van der Waals surface area contributed by atoms with Crippen LogP contribution in [0.3, 0.4) is 0 Å². The molecule has 1 aromatic rings. The highest BCUT2D eigenvalue weighted by Crippen LogP contribution is 2.09. The van der Waals surface area contributed by atoms with Crippen LogP contribution in [-0.2, 0) is 0 Å². The Kier molecular flexibility index (Phi) is 4.02.